The van der Waals surface area contributed by atoms with Gasteiger partial charge in [-0.1, -0.05) is 24.6 Å². The van der Waals surface area contributed by atoms with Crippen molar-refractivity contribution in [3.8, 4) is 0 Å². The predicted octanol–water partition coefficient (Wildman–Crippen LogP) is 5.47. The van der Waals surface area contributed by atoms with Crippen molar-refractivity contribution in [2.24, 2.45) is 0 Å². The van der Waals surface area contributed by atoms with Crippen LogP contribution in [-0.4, -0.2) is 28.6 Å². The molecule has 0 bridgehead atoms. The summed E-state index contributed by atoms with van der Waals surface area (Å²) in [4.78, 5) is 0. The molecule has 0 aliphatic heterocycles. The summed E-state index contributed by atoms with van der Waals surface area (Å²) in [5.41, 5.74) is 0.137. The maximum absolute atomic E-state index is 12.7. The molecule has 0 fully saturated rings. The van der Waals surface area contributed by atoms with Crippen molar-refractivity contribution in [1.82, 2.24) is 0 Å². The molecule has 0 heterocycles. The Morgan fingerprint density at radius 2 is 1.48 bits per heavy atom. The zero-order chi connectivity index (χ0) is 18.8. The first kappa shape index (κ1) is 22.1. The number of hydrogen-bond acceptors (Lipinski definition) is 3. The van der Waals surface area contributed by atoms with Gasteiger partial charge in [0.15, 0.2) is 0 Å². The fourth-order valence-corrected chi connectivity index (χ4v) is 5.44. The molecule has 0 saturated heterocycles. The summed E-state index contributed by atoms with van der Waals surface area (Å²) in [5, 5.41) is 0. The molecule has 1 aromatic carbocycles. The average molecular weight is 379 g/mol. The average Bonchev–Trinajstić information content (AvgIpc) is 2.55. The zero-order valence-corrected chi connectivity index (χ0v) is 16.3. The Labute approximate surface area is 149 Å². The first-order chi connectivity index (χ1) is 11.9. The van der Waals surface area contributed by atoms with Crippen LogP contribution in [0.3, 0.4) is 0 Å². The first-order valence-electron chi connectivity index (χ1n) is 8.95. The molecule has 3 nitrogen and oxygen atoms in total. The molecule has 0 amide bonds. The Morgan fingerprint density at radius 1 is 0.880 bits per heavy atom. The van der Waals surface area contributed by atoms with Gasteiger partial charge in [-0.15, -0.1) is 0 Å². The van der Waals surface area contributed by atoms with Gasteiger partial charge >= 0.3 is 15.0 Å². The normalized spacial score (nSPS) is 12.6. The van der Waals surface area contributed by atoms with Crippen LogP contribution in [0.2, 0.25) is 6.04 Å². The van der Waals surface area contributed by atoms with E-state index in [0.717, 1.165) is 36.9 Å². The molecule has 1 rings (SSSR count). The Balaban J connectivity index is 2.46. The Morgan fingerprint density at radius 3 is 2.00 bits per heavy atom. The van der Waals surface area contributed by atoms with E-state index in [-0.39, 0.29) is 0 Å². The molecule has 25 heavy (non-hydrogen) atoms. The fourth-order valence-electron chi connectivity index (χ4n) is 2.75. The van der Waals surface area contributed by atoms with Crippen LogP contribution >= 0.6 is 0 Å². The summed E-state index contributed by atoms with van der Waals surface area (Å²) < 4.78 is 55.6. The van der Waals surface area contributed by atoms with E-state index in [1.54, 1.807) is 6.07 Å². The highest BCUT2D eigenvalue weighted by Crippen LogP contribution is 2.30. The highest BCUT2D eigenvalue weighted by atomic mass is 28.4. The second-order valence-electron chi connectivity index (χ2n) is 5.74. The standard InChI is InChI=1S/C18H29F3O3Si/c1-4-22-25(23-5-2,24-6-3)14-9-7-8-11-16-12-10-13-17(15-16)18(19,20)21/h10,12-13,15H,4-9,11,14H2,1-3H3. The smallest absolute Gasteiger partial charge is 0.374 e. The van der Waals surface area contributed by atoms with Crippen LogP contribution in [0.5, 0.6) is 0 Å². The Bertz CT molecular complexity index is 478. The van der Waals surface area contributed by atoms with E-state index in [1.165, 1.54) is 12.1 Å². The van der Waals surface area contributed by atoms with Crippen LogP contribution in [0.25, 0.3) is 0 Å². The third-order valence-corrected chi connectivity index (χ3v) is 6.95. The Kier molecular flexibility index (Phi) is 9.71. The summed E-state index contributed by atoms with van der Waals surface area (Å²) in [6, 6.07) is 6.30. The lowest BCUT2D eigenvalue weighted by Gasteiger charge is -2.28. The third kappa shape index (κ3) is 7.90. The number of hydrogen-bond donors (Lipinski definition) is 0. The molecule has 0 radical (unpaired) electrons. The van der Waals surface area contributed by atoms with Gasteiger partial charge in [0.05, 0.1) is 5.56 Å². The minimum Gasteiger partial charge on any atom is -0.374 e. The van der Waals surface area contributed by atoms with Crippen LogP contribution in [-0.2, 0) is 25.9 Å². The molecule has 0 aliphatic carbocycles. The van der Waals surface area contributed by atoms with E-state index in [2.05, 4.69) is 0 Å². The van der Waals surface area contributed by atoms with Crippen LogP contribution in [0.4, 0.5) is 13.2 Å². The molecule has 0 saturated carbocycles. The molecule has 7 heteroatoms. The summed E-state index contributed by atoms with van der Waals surface area (Å²) in [7, 11) is -2.61. The van der Waals surface area contributed by atoms with E-state index in [1.807, 2.05) is 20.8 Å². The van der Waals surface area contributed by atoms with Gasteiger partial charge in [-0.05, 0) is 51.7 Å². The fraction of sp³-hybridized carbons (Fsp3) is 0.667. The van der Waals surface area contributed by atoms with E-state index in [0.29, 0.717) is 26.2 Å². The summed E-state index contributed by atoms with van der Waals surface area (Å²) >= 11 is 0. The first-order valence-corrected chi connectivity index (χ1v) is 10.9. The van der Waals surface area contributed by atoms with Crippen LogP contribution < -0.4 is 0 Å². The number of benzene rings is 1. The van der Waals surface area contributed by atoms with Crippen molar-refractivity contribution in [1.29, 1.82) is 0 Å². The van der Waals surface area contributed by atoms with Gasteiger partial charge in [-0.2, -0.15) is 13.2 Å². The van der Waals surface area contributed by atoms with E-state index in [4.69, 9.17) is 13.3 Å². The lowest BCUT2D eigenvalue weighted by Crippen LogP contribution is -2.45. The van der Waals surface area contributed by atoms with Crippen LogP contribution in [0.15, 0.2) is 24.3 Å². The number of rotatable bonds is 12. The van der Waals surface area contributed by atoms with Gasteiger partial charge < -0.3 is 13.3 Å². The van der Waals surface area contributed by atoms with Crippen molar-refractivity contribution in [3.05, 3.63) is 35.4 Å². The van der Waals surface area contributed by atoms with Crippen LogP contribution in [0.1, 0.15) is 51.2 Å². The molecular weight excluding hydrogens is 349 g/mol. The van der Waals surface area contributed by atoms with E-state index >= 15 is 0 Å². The lowest BCUT2D eigenvalue weighted by atomic mass is 10.0. The molecule has 1 aromatic rings. The van der Waals surface area contributed by atoms with Crippen molar-refractivity contribution < 1.29 is 26.4 Å². The summed E-state index contributed by atoms with van der Waals surface area (Å²) in [6.45, 7) is 7.43. The molecule has 0 atom stereocenters. The van der Waals surface area contributed by atoms with Crippen molar-refractivity contribution in [2.75, 3.05) is 19.8 Å². The van der Waals surface area contributed by atoms with Gasteiger partial charge in [0.1, 0.15) is 0 Å². The molecule has 0 N–H and O–H groups in total. The SMILES string of the molecule is CCO[Si](CCCCCc1cccc(C(F)(F)F)c1)(OCC)OCC. The second-order valence-corrected chi connectivity index (χ2v) is 8.47. The maximum atomic E-state index is 12.7. The molecular formula is C18H29F3O3Si. The van der Waals surface area contributed by atoms with Gasteiger partial charge in [0, 0.05) is 25.9 Å². The van der Waals surface area contributed by atoms with E-state index < -0.39 is 20.5 Å². The minimum absolute atomic E-state index is 0.552. The van der Waals surface area contributed by atoms with Crippen molar-refractivity contribution in [3.63, 3.8) is 0 Å². The molecule has 0 spiro atoms. The number of unbranched alkanes of at least 4 members (excludes halogenated alkanes) is 2. The molecule has 0 aliphatic rings. The second kappa shape index (κ2) is 11.0. The van der Waals surface area contributed by atoms with Crippen molar-refractivity contribution >= 4 is 8.80 Å². The predicted molar refractivity (Wildman–Crippen MR) is 94.4 cm³/mol. The number of halogens is 3. The number of aryl methyl sites for hydroxylation is 1. The van der Waals surface area contributed by atoms with E-state index in [9.17, 15) is 13.2 Å². The minimum atomic E-state index is -4.28. The lowest BCUT2D eigenvalue weighted by molar-refractivity contribution is -0.137. The topological polar surface area (TPSA) is 27.7 Å². The summed E-state index contributed by atoms with van der Waals surface area (Å²) in [6.07, 6.45) is -1.04. The monoisotopic (exact) mass is 378 g/mol. The highest BCUT2D eigenvalue weighted by molar-refractivity contribution is 6.60. The number of alkyl halides is 3. The van der Waals surface area contributed by atoms with Crippen molar-refractivity contribution in [2.45, 2.75) is 58.7 Å². The Hall–Kier alpha value is -0.893. The molecule has 0 aromatic heterocycles. The highest BCUT2D eigenvalue weighted by Gasteiger charge is 2.39. The van der Waals surface area contributed by atoms with Gasteiger partial charge in [0.25, 0.3) is 0 Å². The van der Waals surface area contributed by atoms with Crippen LogP contribution in [0, 0.1) is 0 Å². The third-order valence-electron chi connectivity index (χ3n) is 3.80. The molecule has 0 unspecified atom stereocenters. The zero-order valence-electron chi connectivity index (χ0n) is 15.3. The van der Waals surface area contributed by atoms with Gasteiger partial charge in [-0.25, -0.2) is 0 Å². The quantitative estimate of drug-likeness (QED) is 0.357. The summed E-state index contributed by atoms with van der Waals surface area (Å²) in [5.74, 6) is 0. The maximum Gasteiger partial charge on any atom is 0.500 e. The molecule has 144 valence electrons. The van der Waals surface area contributed by atoms with Gasteiger partial charge in [0.2, 0.25) is 0 Å². The van der Waals surface area contributed by atoms with Gasteiger partial charge in [-0.3, -0.25) is 0 Å². The largest absolute Gasteiger partial charge is 0.500 e.